The van der Waals surface area contributed by atoms with Gasteiger partial charge in [0.1, 0.15) is 0 Å². The number of nitrogens with one attached hydrogen (secondary N) is 1. The molecule has 1 N–H and O–H groups in total. The van der Waals surface area contributed by atoms with Crippen molar-refractivity contribution in [1.82, 2.24) is 29.7 Å². The van der Waals surface area contributed by atoms with Crippen LogP contribution in [0.4, 0.5) is 0 Å². The number of hydrogen-bond acceptors (Lipinski definition) is 4. The Kier molecular flexibility index (Phi) is 2.90. The summed E-state index contributed by atoms with van der Waals surface area (Å²) in [7, 11) is 0. The summed E-state index contributed by atoms with van der Waals surface area (Å²) in [5.41, 5.74) is 4.82. The van der Waals surface area contributed by atoms with Crippen molar-refractivity contribution in [2.24, 2.45) is 0 Å². The van der Waals surface area contributed by atoms with E-state index >= 15 is 0 Å². The lowest BCUT2D eigenvalue weighted by atomic mass is 10.0. The monoisotopic (exact) mass is 326 g/mol. The Balaban J connectivity index is 1.84. The van der Waals surface area contributed by atoms with Crippen LogP contribution in [0, 0.1) is 6.92 Å². The van der Waals surface area contributed by atoms with Crippen molar-refractivity contribution in [3.8, 4) is 16.9 Å². The number of aryl methyl sites for hydroxylation is 1. The van der Waals surface area contributed by atoms with Gasteiger partial charge in [0.05, 0.1) is 17.4 Å². The fraction of sp³-hybridized carbons (Fsp3) is 0.0526. The maximum absolute atomic E-state index is 4.68. The molecule has 25 heavy (non-hydrogen) atoms. The van der Waals surface area contributed by atoms with Crippen LogP contribution in [0.1, 0.15) is 5.69 Å². The van der Waals surface area contributed by atoms with Gasteiger partial charge in [-0.15, -0.1) is 0 Å². The van der Waals surface area contributed by atoms with Gasteiger partial charge in [0, 0.05) is 41.1 Å². The third-order valence-corrected chi connectivity index (χ3v) is 4.30. The van der Waals surface area contributed by atoms with Gasteiger partial charge in [-0.25, -0.2) is 14.6 Å². The van der Waals surface area contributed by atoms with E-state index in [1.807, 2.05) is 49.8 Å². The average molecular weight is 326 g/mol. The van der Waals surface area contributed by atoms with E-state index in [1.54, 1.807) is 17.1 Å². The van der Waals surface area contributed by atoms with E-state index in [0.29, 0.717) is 5.65 Å². The number of fused-ring (bicyclic) bond motifs is 2. The molecule has 0 atom stereocenters. The predicted octanol–water partition coefficient (Wildman–Crippen LogP) is 3.67. The molecule has 0 saturated heterocycles. The molecule has 0 aliphatic heterocycles. The molecule has 5 heterocycles. The predicted molar refractivity (Wildman–Crippen MR) is 96.5 cm³/mol. The highest BCUT2D eigenvalue weighted by Gasteiger charge is 2.13. The molecular formula is C19H14N6. The summed E-state index contributed by atoms with van der Waals surface area (Å²) in [4.78, 5) is 16.6. The zero-order valence-corrected chi connectivity index (χ0v) is 13.5. The normalized spacial score (nSPS) is 11.4. The number of aromatic nitrogens is 6. The highest BCUT2D eigenvalue weighted by Crippen LogP contribution is 2.33. The average Bonchev–Trinajstić information content (AvgIpc) is 3.27. The third-order valence-electron chi connectivity index (χ3n) is 4.30. The van der Waals surface area contributed by atoms with Gasteiger partial charge in [0.2, 0.25) is 0 Å². The van der Waals surface area contributed by atoms with Crippen LogP contribution in [0.2, 0.25) is 0 Å². The molecule has 0 aliphatic carbocycles. The fourth-order valence-electron chi connectivity index (χ4n) is 3.12. The molecule has 120 valence electrons. The molecule has 5 rings (SSSR count). The maximum Gasteiger partial charge on any atom is 0.162 e. The van der Waals surface area contributed by atoms with Gasteiger partial charge in [-0.1, -0.05) is 0 Å². The molecular weight excluding hydrogens is 312 g/mol. The minimum atomic E-state index is 0.701. The molecule has 6 nitrogen and oxygen atoms in total. The van der Waals surface area contributed by atoms with E-state index in [9.17, 15) is 0 Å². The first-order valence-corrected chi connectivity index (χ1v) is 7.99. The topological polar surface area (TPSA) is 72.3 Å². The molecule has 0 aliphatic rings. The Morgan fingerprint density at radius 2 is 2.00 bits per heavy atom. The van der Waals surface area contributed by atoms with Gasteiger partial charge in [0.15, 0.2) is 11.5 Å². The first-order valence-electron chi connectivity index (χ1n) is 7.99. The second-order valence-electron chi connectivity index (χ2n) is 5.93. The van der Waals surface area contributed by atoms with Crippen LogP contribution in [0.5, 0.6) is 0 Å². The van der Waals surface area contributed by atoms with E-state index in [-0.39, 0.29) is 0 Å². The number of pyridine rings is 3. The second-order valence-corrected chi connectivity index (χ2v) is 5.93. The molecule has 5 aromatic rings. The largest absolute Gasteiger partial charge is 0.359 e. The Bertz CT molecular complexity index is 1220. The lowest BCUT2D eigenvalue weighted by Gasteiger charge is -2.09. The molecule has 0 bridgehead atoms. The highest BCUT2D eigenvalue weighted by atomic mass is 15.3. The van der Waals surface area contributed by atoms with Gasteiger partial charge < -0.3 is 4.98 Å². The van der Waals surface area contributed by atoms with E-state index in [2.05, 4.69) is 31.1 Å². The zero-order chi connectivity index (χ0) is 16.8. The van der Waals surface area contributed by atoms with Gasteiger partial charge in [-0.3, -0.25) is 4.98 Å². The van der Waals surface area contributed by atoms with Gasteiger partial charge >= 0.3 is 0 Å². The molecule has 5 aromatic heterocycles. The van der Waals surface area contributed by atoms with Crippen molar-refractivity contribution < 1.29 is 0 Å². The molecule has 0 aromatic carbocycles. The standard InChI is InChI=1S/C19H14N6/c1-12-5-8-25(24-12)18-9-15(14-3-2-6-21-19(14)23-18)16-10-22-17-11-20-7-4-13(16)17/h2-11,22H,1H3. The van der Waals surface area contributed by atoms with Crippen molar-refractivity contribution in [2.75, 3.05) is 0 Å². The van der Waals surface area contributed by atoms with Crippen LogP contribution in [0.3, 0.4) is 0 Å². The van der Waals surface area contributed by atoms with Crippen LogP contribution in [0.25, 0.3) is 38.9 Å². The summed E-state index contributed by atoms with van der Waals surface area (Å²) >= 11 is 0. The first-order chi connectivity index (χ1) is 12.3. The Labute approximate surface area is 143 Å². The van der Waals surface area contributed by atoms with Crippen LogP contribution >= 0.6 is 0 Å². The number of H-pyrrole nitrogens is 1. The second kappa shape index (κ2) is 5.24. The molecule has 0 fully saturated rings. The summed E-state index contributed by atoms with van der Waals surface area (Å²) in [5.74, 6) is 0.748. The zero-order valence-electron chi connectivity index (χ0n) is 13.5. The summed E-state index contributed by atoms with van der Waals surface area (Å²) in [6, 6.07) is 10.0. The van der Waals surface area contributed by atoms with E-state index in [1.165, 1.54) is 0 Å². The number of nitrogens with zero attached hydrogens (tertiary/aromatic N) is 5. The summed E-state index contributed by atoms with van der Waals surface area (Å²) < 4.78 is 1.78. The smallest absolute Gasteiger partial charge is 0.162 e. The Morgan fingerprint density at radius 3 is 2.88 bits per heavy atom. The SMILES string of the molecule is Cc1ccn(-c2cc(-c3c[nH]c4cnccc34)c3cccnc3n2)n1. The lowest BCUT2D eigenvalue weighted by molar-refractivity contribution is 0.836. The molecule has 0 radical (unpaired) electrons. The highest BCUT2D eigenvalue weighted by molar-refractivity contribution is 6.03. The quantitative estimate of drug-likeness (QED) is 0.537. The maximum atomic E-state index is 4.68. The number of aromatic amines is 1. The molecule has 0 unspecified atom stereocenters. The van der Waals surface area contributed by atoms with E-state index in [0.717, 1.165) is 38.9 Å². The summed E-state index contributed by atoms with van der Waals surface area (Å²) in [6.45, 7) is 1.96. The number of rotatable bonds is 2. The van der Waals surface area contributed by atoms with Crippen molar-refractivity contribution in [3.05, 3.63) is 67.0 Å². The van der Waals surface area contributed by atoms with Crippen LogP contribution in [-0.2, 0) is 0 Å². The van der Waals surface area contributed by atoms with E-state index < -0.39 is 0 Å². The van der Waals surface area contributed by atoms with Crippen molar-refractivity contribution in [3.63, 3.8) is 0 Å². The van der Waals surface area contributed by atoms with E-state index in [4.69, 9.17) is 0 Å². The summed E-state index contributed by atoms with van der Waals surface area (Å²) in [6.07, 6.45) is 9.31. The minimum absolute atomic E-state index is 0.701. The summed E-state index contributed by atoms with van der Waals surface area (Å²) in [5, 5.41) is 6.61. The number of hydrogen-bond donors (Lipinski definition) is 1. The lowest BCUT2D eigenvalue weighted by Crippen LogP contribution is -2.00. The van der Waals surface area contributed by atoms with Crippen LogP contribution in [0.15, 0.2) is 61.3 Å². The molecule has 0 saturated carbocycles. The van der Waals surface area contributed by atoms with Crippen LogP contribution < -0.4 is 0 Å². The van der Waals surface area contributed by atoms with Gasteiger partial charge in [-0.05, 0) is 42.8 Å². The Hall–Kier alpha value is -3.54. The van der Waals surface area contributed by atoms with Gasteiger partial charge in [-0.2, -0.15) is 5.10 Å². The van der Waals surface area contributed by atoms with Crippen molar-refractivity contribution >= 4 is 21.9 Å². The minimum Gasteiger partial charge on any atom is -0.359 e. The molecule has 0 spiro atoms. The molecule has 6 heteroatoms. The van der Waals surface area contributed by atoms with Crippen LogP contribution in [-0.4, -0.2) is 29.7 Å². The fourth-order valence-corrected chi connectivity index (χ4v) is 3.12. The Morgan fingerprint density at radius 1 is 1.04 bits per heavy atom. The van der Waals surface area contributed by atoms with Gasteiger partial charge in [0.25, 0.3) is 0 Å². The molecule has 0 amide bonds. The van der Waals surface area contributed by atoms with Crippen molar-refractivity contribution in [1.29, 1.82) is 0 Å². The first kappa shape index (κ1) is 13.9. The van der Waals surface area contributed by atoms with Crippen molar-refractivity contribution in [2.45, 2.75) is 6.92 Å². The third kappa shape index (κ3) is 2.19.